The van der Waals surface area contributed by atoms with Gasteiger partial charge in [0, 0.05) is 12.8 Å². The standard InChI is InChI=1S/C14H15N5O2/c1-2-21-14-18-9-5-3-4-6-11(9)19(14)13-16-8-7-10(17-13)12(15)20/h3-8,14,18H,2H2,1H3,(H2,15,20). The van der Waals surface area contributed by atoms with E-state index >= 15 is 0 Å². The SMILES string of the molecule is CCOC1Nc2ccccc2N1c1nccc(C(N)=O)n1. The molecule has 0 spiro atoms. The number of hydrogen-bond acceptors (Lipinski definition) is 6. The molecule has 2 heterocycles. The third kappa shape index (κ3) is 2.38. The molecule has 7 nitrogen and oxygen atoms in total. The van der Waals surface area contributed by atoms with Crippen molar-refractivity contribution in [2.24, 2.45) is 5.73 Å². The van der Waals surface area contributed by atoms with Crippen molar-refractivity contribution in [2.75, 3.05) is 16.8 Å². The van der Waals surface area contributed by atoms with Gasteiger partial charge in [0.05, 0.1) is 11.4 Å². The van der Waals surface area contributed by atoms with Crippen LogP contribution in [0.3, 0.4) is 0 Å². The summed E-state index contributed by atoms with van der Waals surface area (Å²) in [6.07, 6.45) is 1.09. The normalized spacial score (nSPS) is 16.4. The van der Waals surface area contributed by atoms with Crippen LogP contribution < -0.4 is 16.0 Å². The smallest absolute Gasteiger partial charge is 0.267 e. The van der Waals surface area contributed by atoms with Crippen LogP contribution in [0.4, 0.5) is 17.3 Å². The van der Waals surface area contributed by atoms with Gasteiger partial charge in [0.25, 0.3) is 5.91 Å². The zero-order valence-electron chi connectivity index (χ0n) is 11.5. The number of nitrogens with two attached hydrogens (primary N) is 1. The molecule has 1 unspecified atom stereocenters. The largest absolute Gasteiger partial charge is 0.364 e. The van der Waals surface area contributed by atoms with Gasteiger partial charge >= 0.3 is 0 Å². The number of hydrogen-bond donors (Lipinski definition) is 2. The lowest BCUT2D eigenvalue weighted by Crippen LogP contribution is -2.36. The number of nitrogens with one attached hydrogen (secondary N) is 1. The molecular weight excluding hydrogens is 270 g/mol. The number of nitrogens with zero attached hydrogens (tertiary/aromatic N) is 3. The van der Waals surface area contributed by atoms with Crippen LogP contribution in [0.1, 0.15) is 17.4 Å². The van der Waals surface area contributed by atoms with Crippen molar-refractivity contribution in [3.8, 4) is 0 Å². The van der Waals surface area contributed by atoms with E-state index in [1.54, 1.807) is 4.90 Å². The van der Waals surface area contributed by atoms with Crippen molar-refractivity contribution in [1.29, 1.82) is 0 Å². The average molecular weight is 285 g/mol. The summed E-state index contributed by atoms with van der Waals surface area (Å²) in [5.74, 6) is -0.228. The molecule has 1 aliphatic rings. The Morgan fingerprint density at radius 1 is 1.43 bits per heavy atom. The lowest BCUT2D eigenvalue weighted by Gasteiger charge is -2.24. The van der Waals surface area contributed by atoms with Crippen molar-refractivity contribution >= 4 is 23.2 Å². The molecule has 1 aromatic heterocycles. The Hall–Kier alpha value is -2.67. The summed E-state index contributed by atoms with van der Waals surface area (Å²) in [5, 5.41) is 3.24. The monoisotopic (exact) mass is 285 g/mol. The Balaban J connectivity index is 2.05. The first-order valence-electron chi connectivity index (χ1n) is 6.60. The minimum Gasteiger partial charge on any atom is -0.364 e. The molecule has 3 rings (SSSR count). The molecule has 108 valence electrons. The summed E-state index contributed by atoms with van der Waals surface area (Å²) in [4.78, 5) is 21.5. The second-order valence-corrected chi connectivity index (χ2v) is 4.45. The first-order chi connectivity index (χ1) is 10.2. The Kier molecular flexibility index (Phi) is 3.41. The van der Waals surface area contributed by atoms with Crippen LogP contribution >= 0.6 is 0 Å². The minimum absolute atomic E-state index is 0.166. The van der Waals surface area contributed by atoms with Crippen LogP contribution in [0.15, 0.2) is 36.5 Å². The topological polar surface area (TPSA) is 93.4 Å². The van der Waals surface area contributed by atoms with Gasteiger partial charge < -0.3 is 15.8 Å². The van der Waals surface area contributed by atoms with Gasteiger partial charge in [-0.05, 0) is 25.1 Å². The molecule has 3 N–H and O–H groups in total. The molecule has 0 saturated carbocycles. The van der Waals surface area contributed by atoms with Crippen LogP contribution in [0.2, 0.25) is 0 Å². The molecule has 7 heteroatoms. The van der Waals surface area contributed by atoms with Gasteiger partial charge in [-0.3, -0.25) is 9.69 Å². The van der Waals surface area contributed by atoms with Gasteiger partial charge in [-0.15, -0.1) is 0 Å². The molecule has 0 saturated heterocycles. The number of benzene rings is 1. The quantitative estimate of drug-likeness (QED) is 0.883. The highest BCUT2D eigenvalue weighted by atomic mass is 16.5. The Labute approximate surface area is 121 Å². The lowest BCUT2D eigenvalue weighted by atomic mass is 10.3. The molecule has 0 fully saturated rings. The van der Waals surface area contributed by atoms with E-state index in [-0.39, 0.29) is 5.69 Å². The molecule has 0 bridgehead atoms. The van der Waals surface area contributed by atoms with Gasteiger partial charge in [0.1, 0.15) is 5.69 Å². The molecule has 0 radical (unpaired) electrons. The van der Waals surface area contributed by atoms with E-state index in [1.807, 2.05) is 31.2 Å². The minimum atomic E-state index is -0.591. The second-order valence-electron chi connectivity index (χ2n) is 4.45. The number of ether oxygens (including phenoxy) is 1. The van der Waals surface area contributed by atoms with Crippen molar-refractivity contribution in [3.63, 3.8) is 0 Å². The number of aromatic nitrogens is 2. The van der Waals surface area contributed by atoms with Crippen LogP contribution in [-0.4, -0.2) is 28.8 Å². The predicted octanol–water partition coefficient (Wildman–Crippen LogP) is 1.46. The summed E-state index contributed by atoms with van der Waals surface area (Å²) >= 11 is 0. The van der Waals surface area contributed by atoms with Crippen molar-refractivity contribution < 1.29 is 9.53 Å². The molecule has 1 aromatic carbocycles. The third-order valence-corrected chi connectivity index (χ3v) is 3.11. The van der Waals surface area contributed by atoms with E-state index in [0.717, 1.165) is 11.4 Å². The maximum atomic E-state index is 11.3. The first kappa shape index (κ1) is 13.3. The summed E-state index contributed by atoms with van der Waals surface area (Å²) in [6, 6.07) is 9.21. The summed E-state index contributed by atoms with van der Waals surface area (Å²) in [7, 11) is 0. The lowest BCUT2D eigenvalue weighted by molar-refractivity contribution is 0.0902. The zero-order chi connectivity index (χ0) is 14.8. The number of rotatable bonds is 4. The Morgan fingerprint density at radius 3 is 3.00 bits per heavy atom. The van der Waals surface area contributed by atoms with E-state index in [1.165, 1.54) is 12.3 Å². The molecular formula is C14H15N5O2. The van der Waals surface area contributed by atoms with E-state index < -0.39 is 12.3 Å². The summed E-state index contributed by atoms with van der Waals surface area (Å²) in [5.41, 5.74) is 7.25. The first-order valence-corrected chi connectivity index (χ1v) is 6.60. The highest BCUT2D eigenvalue weighted by Gasteiger charge is 2.32. The maximum absolute atomic E-state index is 11.3. The maximum Gasteiger partial charge on any atom is 0.267 e. The van der Waals surface area contributed by atoms with Crippen LogP contribution in [0.5, 0.6) is 0 Å². The fourth-order valence-electron chi connectivity index (χ4n) is 2.22. The molecule has 2 aromatic rings. The van der Waals surface area contributed by atoms with E-state index in [4.69, 9.17) is 10.5 Å². The molecule has 1 atom stereocenters. The predicted molar refractivity (Wildman–Crippen MR) is 78.2 cm³/mol. The number of carbonyl (C=O) groups excluding carboxylic acids is 1. The van der Waals surface area contributed by atoms with E-state index in [0.29, 0.717) is 12.6 Å². The number of anilines is 3. The van der Waals surface area contributed by atoms with Crippen LogP contribution in [0, 0.1) is 0 Å². The van der Waals surface area contributed by atoms with Crippen LogP contribution in [-0.2, 0) is 4.74 Å². The number of carbonyl (C=O) groups is 1. The van der Waals surface area contributed by atoms with Gasteiger partial charge in [-0.1, -0.05) is 12.1 Å². The van der Waals surface area contributed by atoms with Gasteiger partial charge in [-0.2, -0.15) is 0 Å². The van der Waals surface area contributed by atoms with Crippen molar-refractivity contribution in [2.45, 2.75) is 13.3 Å². The van der Waals surface area contributed by atoms with Gasteiger partial charge in [-0.25, -0.2) is 9.97 Å². The number of primary amides is 1. The van der Waals surface area contributed by atoms with Gasteiger partial charge in [0.15, 0.2) is 0 Å². The number of amides is 1. The molecule has 0 aliphatic carbocycles. The number of fused-ring (bicyclic) bond motifs is 1. The second kappa shape index (κ2) is 5.37. The van der Waals surface area contributed by atoms with Crippen molar-refractivity contribution in [3.05, 3.63) is 42.2 Å². The fraction of sp³-hybridized carbons (Fsp3) is 0.214. The average Bonchev–Trinajstić information content (AvgIpc) is 2.85. The third-order valence-electron chi connectivity index (χ3n) is 3.11. The number of para-hydroxylation sites is 2. The van der Waals surface area contributed by atoms with E-state index in [2.05, 4.69) is 15.3 Å². The molecule has 1 amide bonds. The fourth-order valence-corrected chi connectivity index (χ4v) is 2.22. The van der Waals surface area contributed by atoms with Gasteiger partial charge in [0.2, 0.25) is 12.3 Å². The zero-order valence-corrected chi connectivity index (χ0v) is 11.5. The molecule has 21 heavy (non-hydrogen) atoms. The Morgan fingerprint density at radius 2 is 2.24 bits per heavy atom. The van der Waals surface area contributed by atoms with Crippen LogP contribution in [0.25, 0.3) is 0 Å². The summed E-state index contributed by atoms with van der Waals surface area (Å²) in [6.45, 7) is 2.43. The van der Waals surface area contributed by atoms with E-state index in [9.17, 15) is 4.79 Å². The highest BCUT2D eigenvalue weighted by molar-refractivity contribution is 5.91. The summed E-state index contributed by atoms with van der Waals surface area (Å²) < 4.78 is 5.67. The Bertz CT molecular complexity index is 676. The highest BCUT2D eigenvalue weighted by Crippen LogP contribution is 2.38. The van der Waals surface area contributed by atoms with Crippen molar-refractivity contribution in [1.82, 2.24) is 9.97 Å². The molecule has 1 aliphatic heterocycles.